The maximum Gasteiger partial charge on any atom is 0.413 e. The summed E-state index contributed by atoms with van der Waals surface area (Å²) in [6, 6.07) is 9.61. The van der Waals surface area contributed by atoms with E-state index in [1.54, 1.807) is 31.5 Å². The summed E-state index contributed by atoms with van der Waals surface area (Å²) >= 11 is 5.15. The van der Waals surface area contributed by atoms with E-state index in [4.69, 9.17) is 17.0 Å². The van der Waals surface area contributed by atoms with Crippen LogP contribution >= 0.6 is 12.2 Å². The molecule has 0 spiro atoms. The molecule has 27 heavy (non-hydrogen) atoms. The van der Waals surface area contributed by atoms with Crippen LogP contribution in [0, 0.1) is 5.82 Å². The molecule has 0 atom stereocenters. The van der Waals surface area contributed by atoms with Crippen LogP contribution in [0.15, 0.2) is 48.8 Å². The molecule has 2 heterocycles. The number of carbonyl (C=O) groups excluding carboxylic acids is 1. The Labute approximate surface area is 160 Å². The molecule has 2 aromatic heterocycles. The molecule has 0 fully saturated rings. The molecule has 0 unspecified atom stereocenters. The molecule has 1 aromatic carbocycles. The summed E-state index contributed by atoms with van der Waals surface area (Å²) in [7, 11) is 0. The number of nitrogens with one attached hydrogen (secondary N) is 3. The number of alkyl carbamates (subject to hydrolysis) is 1. The second-order valence-corrected chi connectivity index (χ2v) is 5.77. The van der Waals surface area contributed by atoms with Gasteiger partial charge in [-0.15, -0.1) is 0 Å². The Hall–Kier alpha value is -3.33. The molecule has 1 amide bonds. The summed E-state index contributed by atoms with van der Waals surface area (Å²) in [5.41, 5.74) is 2.84. The lowest BCUT2D eigenvalue weighted by molar-refractivity contribution is 0.158. The summed E-state index contributed by atoms with van der Waals surface area (Å²) in [5.74, 6) is 0.139. The maximum atomic E-state index is 13.3. The van der Waals surface area contributed by atoms with Gasteiger partial charge < -0.3 is 10.1 Å². The van der Waals surface area contributed by atoms with Gasteiger partial charge in [0.25, 0.3) is 0 Å². The fourth-order valence-corrected chi connectivity index (χ4v) is 2.64. The number of hydrogen-bond acceptors (Lipinski definition) is 5. The summed E-state index contributed by atoms with van der Waals surface area (Å²) in [6.45, 7) is 1.93. The van der Waals surface area contributed by atoms with Crippen molar-refractivity contribution in [3.8, 4) is 22.4 Å². The number of H-pyrrole nitrogens is 1. The summed E-state index contributed by atoms with van der Waals surface area (Å²) < 4.78 is 18.1. The van der Waals surface area contributed by atoms with E-state index in [1.807, 2.05) is 12.1 Å². The first-order valence-corrected chi connectivity index (χ1v) is 8.48. The van der Waals surface area contributed by atoms with E-state index in [2.05, 4.69) is 25.8 Å². The number of aromatic nitrogens is 3. The summed E-state index contributed by atoms with van der Waals surface area (Å²) in [6.07, 6.45) is 2.64. The zero-order chi connectivity index (χ0) is 19.2. The first-order valence-electron chi connectivity index (χ1n) is 8.08. The minimum Gasteiger partial charge on any atom is -0.450 e. The number of thiocarbonyl (C=S) groups is 1. The van der Waals surface area contributed by atoms with Crippen molar-refractivity contribution in [2.45, 2.75) is 6.92 Å². The van der Waals surface area contributed by atoms with Gasteiger partial charge in [0, 0.05) is 18.0 Å². The molecule has 7 nitrogen and oxygen atoms in total. The zero-order valence-electron chi connectivity index (χ0n) is 14.3. The van der Waals surface area contributed by atoms with E-state index < -0.39 is 6.09 Å². The lowest BCUT2D eigenvalue weighted by Gasteiger charge is -2.10. The van der Waals surface area contributed by atoms with Crippen molar-refractivity contribution >= 4 is 29.2 Å². The van der Waals surface area contributed by atoms with Crippen molar-refractivity contribution in [1.82, 2.24) is 20.5 Å². The molecule has 0 saturated heterocycles. The smallest absolute Gasteiger partial charge is 0.413 e. The van der Waals surface area contributed by atoms with Gasteiger partial charge in [0.1, 0.15) is 17.3 Å². The van der Waals surface area contributed by atoms with Crippen LogP contribution in [0.5, 0.6) is 0 Å². The van der Waals surface area contributed by atoms with Crippen LogP contribution in [-0.4, -0.2) is 33.0 Å². The van der Waals surface area contributed by atoms with Gasteiger partial charge >= 0.3 is 6.09 Å². The number of anilines is 1. The monoisotopic (exact) mass is 385 g/mol. The number of rotatable bonds is 4. The van der Waals surface area contributed by atoms with Crippen LogP contribution in [-0.2, 0) is 4.74 Å². The average Bonchev–Trinajstić information content (AvgIpc) is 3.06. The molecule has 138 valence electrons. The van der Waals surface area contributed by atoms with Crippen molar-refractivity contribution in [2.75, 3.05) is 11.9 Å². The molecule has 9 heteroatoms. The molecule has 0 aliphatic rings. The quantitative estimate of drug-likeness (QED) is 0.593. The van der Waals surface area contributed by atoms with E-state index in [9.17, 15) is 9.18 Å². The van der Waals surface area contributed by atoms with Crippen molar-refractivity contribution in [1.29, 1.82) is 0 Å². The topological polar surface area (TPSA) is 91.9 Å². The minimum atomic E-state index is -0.654. The summed E-state index contributed by atoms with van der Waals surface area (Å²) in [5, 5.41) is 12.6. The number of aromatic amines is 1. The number of benzene rings is 1. The standard InChI is InChI=1S/C18H16FN5O2S/c1-2-26-18(25)22-17(27)21-16-14(11-7-9-20-10-8-11)15(23-24-16)12-3-5-13(19)6-4-12/h3-10H,2H2,1H3,(H3,21,22,23,24,25,27). The van der Waals surface area contributed by atoms with E-state index in [0.29, 0.717) is 17.1 Å². The molecular weight excluding hydrogens is 369 g/mol. The van der Waals surface area contributed by atoms with E-state index in [0.717, 1.165) is 11.1 Å². The van der Waals surface area contributed by atoms with Crippen molar-refractivity contribution in [3.05, 3.63) is 54.6 Å². The van der Waals surface area contributed by atoms with Crippen LogP contribution in [0.2, 0.25) is 0 Å². The van der Waals surface area contributed by atoms with Gasteiger partial charge in [0.05, 0.1) is 12.2 Å². The third kappa shape index (κ3) is 4.45. The van der Waals surface area contributed by atoms with Crippen molar-refractivity contribution in [3.63, 3.8) is 0 Å². The first kappa shape index (κ1) is 18.5. The van der Waals surface area contributed by atoms with E-state index in [-0.39, 0.29) is 17.5 Å². The number of pyridine rings is 1. The number of hydrogen-bond donors (Lipinski definition) is 3. The Balaban J connectivity index is 1.96. The second kappa shape index (κ2) is 8.37. The second-order valence-electron chi connectivity index (χ2n) is 5.36. The van der Waals surface area contributed by atoms with Crippen molar-refractivity contribution < 1.29 is 13.9 Å². The van der Waals surface area contributed by atoms with Crippen LogP contribution in [0.1, 0.15) is 6.92 Å². The molecule has 0 radical (unpaired) electrons. The highest BCUT2D eigenvalue weighted by atomic mass is 32.1. The van der Waals surface area contributed by atoms with Crippen LogP contribution in [0.3, 0.4) is 0 Å². The van der Waals surface area contributed by atoms with Gasteiger partial charge in [-0.3, -0.25) is 15.4 Å². The Morgan fingerprint density at radius 3 is 2.56 bits per heavy atom. The Bertz CT molecular complexity index is 944. The fourth-order valence-electron chi connectivity index (χ4n) is 2.45. The minimum absolute atomic E-state index is 0.0538. The highest BCUT2D eigenvalue weighted by Gasteiger charge is 2.18. The van der Waals surface area contributed by atoms with E-state index >= 15 is 0 Å². The highest BCUT2D eigenvalue weighted by Crippen LogP contribution is 2.35. The predicted molar refractivity (Wildman–Crippen MR) is 104 cm³/mol. The molecule has 0 bridgehead atoms. The van der Waals surface area contributed by atoms with Gasteiger partial charge in [0.15, 0.2) is 5.11 Å². The first-order chi connectivity index (χ1) is 13.1. The van der Waals surface area contributed by atoms with E-state index in [1.165, 1.54) is 12.1 Å². The average molecular weight is 385 g/mol. The molecular formula is C18H16FN5O2S. The maximum absolute atomic E-state index is 13.3. The largest absolute Gasteiger partial charge is 0.450 e. The lowest BCUT2D eigenvalue weighted by atomic mass is 10.0. The van der Waals surface area contributed by atoms with Gasteiger partial charge in [0.2, 0.25) is 0 Å². The molecule has 0 saturated carbocycles. The Morgan fingerprint density at radius 1 is 1.19 bits per heavy atom. The van der Waals surface area contributed by atoms with Gasteiger partial charge in [-0.25, -0.2) is 9.18 Å². The van der Waals surface area contributed by atoms with Crippen LogP contribution < -0.4 is 10.6 Å². The molecule has 3 N–H and O–H groups in total. The van der Waals surface area contributed by atoms with Gasteiger partial charge in [-0.1, -0.05) is 0 Å². The predicted octanol–water partition coefficient (Wildman–Crippen LogP) is 3.72. The van der Waals surface area contributed by atoms with Gasteiger partial charge in [-0.2, -0.15) is 5.10 Å². The molecule has 0 aliphatic carbocycles. The third-order valence-corrected chi connectivity index (χ3v) is 3.79. The fraction of sp³-hybridized carbons (Fsp3) is 0.111. The lowest BCUT2D eigenvalue weighted by Crippen LogP contribution is -2.34. The highest BCUT2D eigenvalue weighted by molar-refractivity contribution is 7.80. The number of ether oxygens (including phenoxy) is 1. The summed E-state index contributed by atoms with van der Waals surface area (Å²) in [4.78, 5) is 15.5. The van der Waals surface area contributed by atoms with Crippen LogP contribution in [0.25, 0.3) is 22.4 Å². The molecule has 3 aromatic rings. The van der Waals surface area contributed by atoms with Crippen molar-refractivity contribution in [2.24, 2.45) is 0 Å². The Kier molecular flexibility index (Phi) is 5.72. The number of amides is 1. The molecule has 3 rings (SSSR count). The normalized spacial score (nSPS) is 10.3. The zero-order valence-corrected chi connectivity index (χ0v) is 15.1. The Morgan fingerprint density at radius 2 is 1.89 bits per heavy atom. The number of carbonyl (C=O) groups is 1. The van der Waals surface area contributed by atoms with Gasteiger partial charge in [-0.05, 0) is 61.1 Å². The third-order valence-electron chi connectivity index (χ3n) is 3.58. The molecule has 0 aliphatic heterocycles. The number of nitrogens with zero attached hydrogens (tertiary/aromatic N) is 2. The SMILES string of the molecule is CCOC(=O)NC(=S)Nc1[nH]nc(-c2ccc(F)cc2)c1-c1ccncc1. The number of halogens is 1. The van der Waals surface area contributed by atoms with Crippen LogP contribution in [0.4, 0.5) is 15.0 Å².